The van der Waals surface area contributed by atoms with Crippen molar-refractivity contribution in [2.24, 2.45) is 5.92 Å². The Labute approximate surface area is 124 Å². The van der Waals surface area contributed by atoms with Crippen LogP contribution in [0.4, 0.5) is 0 Å². The van der Waals surface area contributed by atoms with Gasteiger partial charge in [0.1, 0.15) is 0 Å². The Balaban J connectivity index is 2.06. The highest BCUT2D eigenvalue weighted by Crippen LogP contribution is 2.28. The van der Waals surface area contributed by atoms with E-state index in [-0.39, 0.29) is 17.0 Å². The number of sulfonamides is 1. The minimum atomic E-state index is -3.58. The standard InChI is InChI=1S/C14H20N2O4S/c1-10(17)8-15-14(18)12-3-2-4-13(7-12)21(19,20)16-9-11-5-6-11/h2-4,7,10-11,16-17H,5-6,8-9H2,1H3,(H,15,18). The summed E-state index contributed by atoms with van der Waals surface area (Å²) in [7, 11) is -3.58. The van der Waals surface area contributed by atoms with Gasteiger partial charge in [0, 0.05) is 18.7 Å². The van der Waals surface area contributed by atoms with Crippen LogP contribution in [-0.2, 0) is 10.0 Å². The number of carbonyl (C=O) groups is 1. The quantitative estimate of drug-likeness (QED) is 0.682. The Kier molecular flexibility index (Phi) is 4.97. The third-order valence-corrected chi connectivity index (χ3v) is 4.64. The van der Waals surface area contributed by atoms with Crippen molar-refractivity contribution in [1.82, 2.24) is 10.0 Å². The molecule has 3 N–H and O–H groups in total. The zero-order valence-electron chi connectivity index (χ0n) is 11.9. The molecule has 0 radical (unpaired) electrons. The highest BCUT2D eigenvalue weighted by atomic mass is 32.2. The molecule has 0 saturated heterocycles. The maximum absolute atomic E-state index is 12.1. The van der Waals surface area contributed by atoms with Gasteiger partial charge in [0.15, 0.2) is 0 Å². The first-order valence-electron chi connectivity index (χ1n) is 6.94. The Morgan fingerprint density at radius 1 is 1.43 bits per heavy atom. The molecule has 7 heteroatoms. The van der Waals surface area contributed by atoms with Crippen LogP contribution in [0.25, 0.3) is 0 Å². The fourth-order valence-electron chi connectivity index (χ4n) is 1.78. The maximum Gasteiger partial charge on any atom is 0.251 e. The average molecular weight is 312 g/mol. The van der Waals surface area contributed by atoms with Crippen molar-refractivity contribution in [2.45, 2.75) is 30.8 Å². The van der Waals surface area contributed by atoms with E-state index in [0.29, 0.717) is 12.5 Å². The Hall–Kier alpha value is -1.44. The van der Waals surface area contributed by atoms with Gasteiger partial charge in [-0.05, 0) is 43.9 Å². The molecule has 2 rings (SSSR count). The molecular weight excluding hydrogens is 292 g/mol. The van der Waals surface area contributed by atoms with Gasteiger partial charge in [0.2, 0.25) is 10.0 Å². The number of hydrogen-bond donors (Lipinski definition) is 3. The number of nitrogens with one attached hydrogen (secondary N) is 2. The number of carbonyl (C=O) groups excluding carboxylic acids is 1. The summed E-state index contributed by atoms with van der Waals surface area (Å²) in [5.41, 5.74) is 0.255. The minimum Gasteiger partial charge on any atom is -0.392 e. The molecule has 6 nitrogen and oxygen atoms in total. The van der Waals surface area contributed by atoms with Crippen LogP contribution in [0.15, 0.2) is 29.2 Å². The molecule has 1 aromatic rings. The summed E-state index contributed by atoms with van der Waals surface area (Å²) in [5.74, 6) is 0.0347. The Bertz CT molecular complexity index is 609. The molecule has 116 valence electrons. The van der Waals surface area contributed by atoms with E-state index in [4.69, 9.17) is 5.11 Å². The Morgan fingerprint density at radius 2 is 2.14 bits per heavy atom. The van der Waals surface area contributed by atoms with Crippen LogP contribution >= 0.6 is 0 Å². The first kappa shape index (κ1) is 15.9. The molecule has 1 atom stereocenters. The normalized spacial score (nSPS) is 16.5. The molecule has 0 bridgehead atoms. The van der Waals surface area contributed by atoms with Crippen molar-refractivity contribution in [3.63, 3.8) is 0 Å². The van der Waals surface area contributed by atoms with Crippen molar-refractivity contribution in [3.05, 3.63) is 29.8 Å². The van der Waals surface area contributed by atoms with Gasteiger partial charge < -0.3 is 10.4 Å². The smallest absolute Gasteiger partial charge is 0.251 e. The van der Waals surface area contributed by atoms with Gasteiger partial charge >= 0.3 is 0 Å². The van der Waals surface area contributed by atoms with Gasteiger partial charge in [0.05, 0.1) is 11.0 Å². The lowest BCUT2D eigenvalue weighted by Gasteiger charge is -2.09. The largest absolute Gasteiger partial charge is 0.392 e. The lowest BCUT2D eigenvalue weighted by molar-refractivity contribution is 0.0924. The van der Waals surface area contributed by atoms with Gasteiger partial charge in [-0.2, -0.15) is 0 Å². The number of aliphatic hydroxyl groups excluding tert-OH is 1. The van der Waals surface area contributed by atoms with Crippen LogP contribution in [0.1, 0.15) is 30.1 Å². The summed E-state index contributed by atoms with van der Waals surface area (Å²) in [6, 6.07) is 5.87. The highest BCUT2D eigenvalue weighted by Gasteiger charge is 2.24. The van der Waals surface area contributed by atoms with Crippen LogP contribution in [-0.4, -0.2) is 38.6 Å². The molecule has 1 saturated carbocycles. The van der Waals surface area contributed by atoms with E-state index in [9.17, 15) is 13.2 Å². The number of aliphatic hydroxyl groups is 1. The van der Waals surface area contributed by atoms with E-state index in [2.05, 4.69) is 10.0 Å². The predicted molar refractivity (Wildman–Crippen MR) is 78.4 cm³/mol. The van der Waals surface area contributed by atoms with Crippen LogP contribution in [0.2, 0.25) is 0 Å². The molecule has 1 amide bonds. The van der Waals surface area contributed by atoms with Crippen LogP contribution < -0.4 is 10.0 Å². The first-order valence-corrected chi connectivity index (χ1v) is 8.43. The topological polar surface area (TPSA) is 95.5 Å². The van der Waals surface area contributed by atoms with Gasteiger partial charge in [-0.15, -0.1) is 0 Å². The summed E-state index contributed by atoms with van der Waals surface area (Å²) in [6.07, 6.45) is 1.47. The van der Waals surface area contributed by atoms with Gasteiger partial charge in [-0.3, -0.25) is 4.79 Å². The van der Waals surface area contributed by atoms with Crippen molar-refractivity contribution in [2.75, 3.05) is 13.1 Å². The zero-order chi connectivity index (χ0) is 15.5. The summed E-state index contributed by atoms with van der Waals surface area (Å²) in [6.45, 7) is 2.12. The molecule has 0 heterocycles. The second kappa shape index (κ2) is 6.55. The van der Waals surface area contributed by atoms with E-state index >= 15 is 0 Å². The average Bonchev–Trinajstić information content (AvgIpc) is 3.27. The maximum atomic E-state index is 12.1. The van der Waals surface area contributed by atoms with Crippen molar-refractivity contribution < 1.29 is 18.3 Å². The molecular formula is C14H20N2O4S. The van der Waals surface area contributed by atoms with Gasteiger partial charge in [0.25, 0.3) is 5.91 Å². The lowest BCUT2D eigenvalue weighted by atomic mass is 10.2. The van der Waals surface area contributed by atoms with Gasteiger partial charge in [-0.25, -0.2) is 13.1 Å². The van der Waals surface area contributed by atoms with Crippen LogP contribution in [0.3, 0.4) is 0 Å². The molecule has 0 spiro atoms. The summed E-state index contributed by atoms with van der Waals surface area (Å²) < 4.78 is 26.8. The minimum absolute atomic E-state index is 0.0767. The summed E-state index contributed by atoms with van der Waals surface area (Å²) in [4.78, 5) is 11.9. The van der Waals surface area contributed by atoms with Crippen LogP contribution in [0.5, 0.6) is 0 Å². The summed E-state index contributed by atoms with van der Waals surface area (Å²) >= 11 is 0. The number of hydrogen-bond acceptors (Lipinski definition) is 4. The lowest BCUT2D eigenvalue weighted by Crippen LogP contribution is -2.31. The number of amides is 1. The molecule has 1 aliphatic rings. The first-order chi connectivity index (χ1) is 9.88. The summed E-state index contributed by atoms with van der Waals surface area (Å²) in [5, 5.41) is 11.7. The SMILES string of the molecule is CC(O)CNC(=O)c1cccc(S(=O)(=O)NCC2CC2)c1. The highest BCUT2D eigenvalue weighted by molar-refractivity contribution is 7.89. The Morgan fingerprint density at radius 3 is 2.76 bits per heavy atom. The van der Waals surface area contributed by atoms with Crippen LogP contribution in [0, 0.1) is 5.92 Å². The second-order valence-electron chi connectivity index (χ2n) is 5.38. The van der Waals surface area contributed by atoms with E-state index in [1.807, 2.05) is 0 Å². The fraction of sp³-hybridized carbons (Fsp3) is 0.500. The van der Waals surface area contributed by atoms with E-state index in [0.717, 1.165) is 12.8 Å². The second-order valence-corrected chi connectivity index (χ2v) is 7.15. The third kappa shape index (κ3) is 4.80. The molecule has 21 heavy (non-hydrogen) atoms. The van der Waals surface area contributed by atoms with E-state index < -0.39 is 22.0 Å². The van der Waals surface area contributed by atoms with Crippen molar-refractivity contribution in [1.29, 1.82) is 0 Å². The van der Waals surface area contributed by atoms with Crippen molar-refractivity contribution in [3.8, 4) is 0 Å². The third-order valence-electron chi connectivity index (χ3n) is 3.22. The molecule has 1 aromatic carbocycles. The fourth-order valence-corrected chi connectivity index (χ4v) is 2.94. The molecule has 0 aromatic heterocycles. The molecule has 1 unspecified atom stereocenters. The van der Waals surface area contributed by atoms with E-state index in [1.165, 1.54) is 24.3 Å². The predicted octanol–water partition coefficient (Wildman–Crippen LogP) is 0.486. The monoisotopic (exact) mass is 312 g/mol. The van der Waals surface area contributed by atoms with Crippen molar-refractivity contribution >= 4 is 15.9 Å². The number of benzene rings is 1. The molecule has 0 aliphatic heterocycles. The number of rotatable bonds is 7. The van der Waals surface area contributed by atoms with Gasteiger partial charge in [-0.1, -0.05) is 6.07 Å². The molecule has 1 aliphatic carbocycles. The zero-order valence-corrected chi connectivity index (χ0v) is 12.7. The van der Waals surface area contributed by atoms with E-state index in [1.54, 1.807) is 6.92 Å². The molecule has 1 fully saturated rings.